The standard InChI is InChI=1S/C19H17ClN4O2/c20-13-5-3-4-12(8-13)11-21-19(25)17-9-14(26-24-17)10-18-22-15-6-1-2-7-16(15)23-18/h1-8,14H,9-11H2,(H,21,25)(H,22,23). The van der Waals surface area contributed by atoms with E-state index >= 15 is 0 Å². The molecular weight excluding hydrogens is 352 g/mol. The van der Waals surface area contributed by atoms with Gasteiger partial charge < -0.3 is 15.1 Å². The zero-order valence-corrected chi connectivity index (χ0v) is 14.7. The maximum absolute atomic E-state index is 12.3. The third kappa shape index (κ3) is 3.70. The molecule has 1 atom stereocenters. The van der Waals surface area contributed by atoms with Gasteiger partial charge in [-0.3, -0.25) is 4.79 Å². The first-order chi connectivity index (χ1) is 12.7. The summed E-state index contributed by atoms with van der Waals surface area (Å²) in [6, 6.07) is 15.2. The summed E-state index contributed by atoms with van der Waals surface area (Å²) in [4.78, 5) is 25.5. The van der Waals surface area contributed by atoms with Crippen LogP contribution in [-0.4, -0.2) is 27.7 Å². The van der Waals surface area contributed by atoms with Crippen LogP contribution in [-0.2, 0) is 22.6 Å². The van der Waals surface area contributed by atoms with Gasteiger partial charge in [0.2, 0.25) is 0 Å². The molecule has 2 N–H and O–H groups in total. The number of imidazole rings is 1. The van der Waals surface area contributed by atoms with Crippen molar-refractivity contribution >= 4 is 34.3 Å². The van der Waals surface area contributed by atoms with Crippen molar-refractivity contribution in [3.63, 3.8) is 0 Å². The molecule has 1 aromatic heterocycles. The fraction of sp³-hybridized carbons (Fsp3) is 0.211. The normalized spacial score (nSPS) is 16.3. The van der Waals surface area contributed by atoms with Gasteiger partial charge in [-0.2, -0.15) is 0 Å². The molecule has 4 rings (SSSR count). The lowest BCUT2D eigenvalue weighted by atomic mass is 10.1. The number of halogens is 1. The molecule has 0 aliphatic carbocycles. The number of rotatable bonds is 5. The lowest BCUT2D eigenvalue weighted by molar-refractivity contribution is -0.115. The Labute approximate surface area is 155 Å². The molecule has 0 saturated heterocycles. The van der Waals surface area contributed by atoms with Crippen molar-refractivity contribution in [2.24, 2.45) is 5.16 Å². The van der Waals surface area contributed by atoms with Crippen LogP contribution in [0.2, 0.25) is 5.02 Å². The number of nitrogens with zero attached hydrogens (tertiary/aromatic N) is 2. The van der Waals surface area contributed by atoms with Gasteiger partial charge in [-0.1, -0.05) is 41.0 Å². The molecule has 6 nitrogen and oxygen atoms in total. The van der Waals surface area contributed by atoms with Gasteiger partial charge in [-0.25, -0.2) is 4.98 Å². The van der Waals surface area contributed by atoms with E-state index in [0.29, 0.717) is 30.1 Å². The van der Waals surface area contributed by atoms with Crippen LogP contribution in [0.4, 0.5) is 0 Å². The van der Waals surface area contributed by atoms with E-state index in [2.05, 4.69) is 20.4 Å². The summed E-state index contributed by atoms with van der Waals surface area (Å²) in [7, 11) is 0. The quantitative estimate of drug-likeness (QED) is 0.725. The monoisotopic (exact) mass is 368 g/mol. The zero-order valence-electron chi connectivity index (χ0n) is 13.9. The van der Waals surface area contributed by atoms with Crippen molar-refractivity contribution in [3.8, 4) is 0 Å². The first-order valence-corrected chi connectivity index (χ1v) is 8.74. The smallest absolute Gasteiger partial charge is 0.269 e. The molecule has 0 radical (unpaired) electrons. The molecule has 0 fully saturated rings. The molecule has 0 bridgehead atoms. The van der Waals surface area contributed by atoms with E-state index in [-0.39, 0.29) is 12.0 Å². The number of aromatic amines is 1. The van der Waals surface area contributed by atoms with Gasteiger partial charge in [0.15, 0.2) is 0 Å². The van der Waals surface area contributed by atoms with Gasteiger partial charge in [-0.05, 0) is 29.8 Å². The Hall–Kier alpha value is -2.86. The maximum atomic E-state index is 12.3. The molecule has 2 heterocycles. The fourth-order valence-corrected chi connectivity index (χ4v) is 3.13. The Bertz CT molecular complexity index is 949. The van der Waals surface area contributed by atoms with Gasteiger partial charge in [0.1, 0.15) is 17.6 Å². The number of nitrogens with one attached hydrogen (secondary N) is 2. The number of H-pyrrole nitrogens is 1. The van der Waals surface area contributed by atoms with Crippen LogP contribution in [0.3, 0.4) is 0 Å². The lowest BCUT2D eigenvalue weighted by Gasteiger charge is -2.06. The summed E-state index contributed by atoms with van der Waals surface area (Å²) in [6.45, 7) is 0.395. The molecule has 0 saturated carbocycles. The summed E-state index contributed by atoms with van der Waals surface area (Å²) < 4.78 is 0. The van der Waals surface area contributed by atoms with Crippen LogP contribution in [0, 0.1) is 0 Å². The molecule has 1 aliphatic rings. The largest absolute Gasteiger partial charge is 0.391 e. The Morgan fingerprint density at radius 1 is 1.27 bits per heavy atom. The van der Waals surface area contributed by atoms with Crippen molar-refractivity contribution in [3.05, 3.63) is 64.9 Å². The molecule has 7 heteroatoms. The van der Waals surface area contributed by atoms with Crippen LogP contribution < -0.4 is 5.32 Å². The fourth-order valence-electron chi connectivity index (χ4n) is 2.92. The minimum absolute atomic E-state index is 0.192. The average molecular weight is 369 g/mol. The predicted octanol–water partition coefficient (Wildman–Crippen LogP) is 3.22. The van der Waals surface area contributed by atoms with E-state index in [1.807, 2.05) is 42.5 Å². The van der Waals surface area contributed by atoms with Gasteiger partial charge in [0.25, 0.3) is 5.91 Å². The maximum Gasteiger partial charge on any atom is 0.269 e. The van der Waals surface area contributed by atoms with E-state index in [9.17, 15) is 4.79 Å². The van der Waals surface area contributed by atoms with Crippen molar-refractivity contribution in [1.29, 1.82) is 0 Å². The molecular formula is C19H17ClN4O2. The van der Waals surface area contributed by atoms with E-state index in [1.165, 1.54) is 0 Å². The van der Waals surface area contributed by atoms with Crippen LogP contribution in [0.25, 0.3) is 11.0 Å². The molecule has 3 aromatic rings. The van der Waals surface area contributed by atoms with Gasteiger partial charge in [0.05, 0.1) is 11.0 Å². The third-order valence-corrected chi connectivity index (χ3v) is 4.43. The highest BCUT2D eigenvalue weighted by atomic mass is 35.5. The number of oxime groups is 1. The summed E-state index contributed by atoms with van der Waals surface area (Å²) >= 11 is 5.95. The van der Waals surface area contributed by atoms with Crippen LogP contribution in [0.5, 0.6) is 0 Å². The molecule has 1 unspecified atom stereocenters. The number of amides is 1. The number of carbonyl (C=O) groups excluding carboxylic acids is 1. The average Bonchev–Trinajstić information content (AvgIpc) is 3.26. The number of para-hydroxylation sites is 2. The van der Waals surface area contributed by atoms with Crippen LogP contribution >= 0.6 is 11.6 Å². The molecule has 0 spiro atoms. The lowest BCUT2D eigenvalue weighted by Crippen LogP contribution is -2.30. The van der Waals surface area contributed by atoms with Crippen molar-refractivity contribution in [2.75, 3.05) is 0 Å². The van der Waals surface area contributed by atoms with Crippen molar-refractivity contribution < 1.29 is 9.63 Å². The Kier molecular flexibility index (Phi) is 4.58. The third-order valence-electron chi connectivity index (χ3n) is 4.20. The van der Waals surface area contributed by atoms with E-state index < -0.39 is 0 Å². The number of hydrogen-bond acceptors (Lipinski definition) is 4. The number of carbonyl (C=O) groups is 1. The Balaban J connectivity index is 1.31. The molecule has 1 aliphatic heterocycles. The SMILES string of the molecule is O=C(NCc1cccc(Cl)c1)C1=NOC(Cc2nc3ccccc3[nH]2)C1. The second kappa shape index (κ2) is 7.17. The van der Waals surface area contributed by atoms with Gasteiger partial charge in [-0.15, -0.1) is 0 Å². The van der Waals surface area contributed by atoms with E-state index in [4.69, 9.17) is 16.4 Å². The number of hydrogen-bond donors (Lipinski definition) is 2. The topological polar surface area (TPSA) is 79.4 Å². The van der Waals surface area contributed by atoms with Crippen molar-refractivity contribution in [1.82, 2.24) is 15.3 Å². The first-order valence-electron chi connectivity index (χ1n) is 8.36. The highest BCUT2D eigenvalue weighted by molar-refractivity contribution is 6.39. The highest BCUT2D eigenvalue weighted by Crippen LogP contribution is 2.18. The summed E-state index contributed by atoms with van der Waals surface area (Å²) in [5.41, 5.74) is 3.24. The van der Waals surface area contributed by atoms with E-state index in [1.54, 1.807) is 6.07 Å². The molecule has 132 valence electrons. The minimum atomic E-state index is -0.225. The number of fused-ring (bicyclic) bond motifs is 1. The summed E-state index contributed by atoms with van der Waals surface area (Å²) in [6.07, 6.45) is 0.837. The summed E-state index contributed by atoms with van der Waals surface area (Å²) in [5.74, 6) is 0.601. The van der Waals surface area contributed by atoms with Crippen LogP contribution in [0.1, 0.15) is 17.8 Å². The first kappa shape index (κ1) is 16.6. The highest BCUT2D eigenvalue weighted by Gasteiger charge is 2.27. The molecule has 1 amide bonds. The second-order valence-electron chi connectivity index (χ2n) is 6.19. The molecule has 26 heavy (non-hydrogen) atoms. The van der Waals surface area contributed by atoms with Gasteiger partial charge >= 0.3 is 0 Å². The summed E-state index contributed by atoms with van der Waals surface area (Å²) in [5, 5.41) is 7.42. The van der Waals surface area contributed by atoms with E-state index in [0.717, 1.165) is 22.4 Å². The van der Waals surface area contributed by atoms with Crippen molar-refractivity contribution in [2.45, 2.75) is 25.5 Å². The minimum Gasteiger partial charge on any atom is -0.391 e. The van der Waals surface area contributed by atoms with Gasteiger partial charge in [0, 0.05) is 24.4 Å². The number of benzene rings is 2. The Morgan fingerprint density at radius 2 is 2.15 bits per heavy atom. The molecule has 2 aromatic carbocycles. The number of aromatic nitrogens is 2. The predicted molar refractivity (Wildman–Crippen MR) is 100 cm³/mol. The van der Waals surface area contributed by atoms with Crippen LogP contribution in [0.15, 0.2) is 53.7 Å². The Morgan fingerprint density at radius 3 is 3.00 bits per heavy atom. The second-order valence-corrected chi connectivity index (χ2v) is 6.62. The zero-order chi connectivity index (χ0) is 17.9.